The van der Waals surface area contributed by atoms with Crippen molar-refractivity contribution in [2.75, 3.05) is 19.4 Å². The van der Waals surface area contributed by atoms with Gasteiger partial charge in [0.1, 0.15) is 0 Å². The molecule has 12 heavy (non-hydrogen) atoms. The zero-order chi connectivity index (χ0) is 10.0. The second-order valence-corrected chi connectivity index (χ2v) is 3.86. The monoisotopic (exact) mass is 356 g/mol. The molecule has 0 fully saturated rings. The average molecular weight is 357 g/mol. The Morgan fingerprint density at radius 3 is 1.83 bits per heavy atom. The summed E-state index contributed by atoms with van der Waals surface area (Å²) < 4.78 is 21.1. The average Bonchev–Trinajstić information content (AvgIpc) is 2.09. The minimum atomic E-state index is -2.81. The molecule has 0 aliphatic carbocycles. The number of halogens is 1. The van der Waals surface area contributed by atoms with Crippen LogP contribution >= 0.6 is 27.3 Å². The summed E-state index contributed by atoms with van der Waals surface area (Å²) in [5.74, 6) is 0. The molecule has 0 aromatic carbocycles. The molecule has 0 aliphatic rings. The van der Waals surface area contributed by atoms with Crippen LogP contribution in [-0.2, 0) is 28.4 Å². The Labute approximate surface area is 95.4 Å². The van der Waals surface area contributed by atoms with Gasteiger partial charge in [0.15, 0.2) is 0 Å². The second kappa shape index (κ2) is 10.6. The Balaban J connectivity index is 0. The van der Waals surface area contributed by atoms with E-state index in [-0.39, 0.29) is 6.16 Å². The Hall–Kier alpha value is 1.50. The van der Waals surface area contributed by atoms with E-state index >= 15 is 0 Å². The van der Waals surface area contributed by atoms with Gasteiger partial charge in [-0.1, -0.05) is 6.16 Å². The third kappa shape index (κ3) is 8.12. The zero-order valence-electron chi connectivity index (χ0n) is 7.59. The van der Waals surface area contributed by atoms with E-state index in [1.54, 1.807) is 13.8 Å². The van der Waals surface area contributed by atoms with Crippen LogP contribution in [0, 0.1) is 6.92 Å². The Morgan fingerprint density at radius 2 is 1.67 bits per heavy atom. The van der Waals surface area contributed by atoms with Crippen LogP contribution in [0.1, 0.15) is 13.8 Å². The van der Waals surface area contributed by atoms with Crippen LogP contribution in [0.4, 0.5) is 0 Å². The first kappa shape index (κ1) is 16.0. The van der Waals surface area contributed by atoms with Gasteiger partial charge in [0, 0.05) is 0 Å². The molecule has 3 nitrogen and oxygen atoms in total. The van der Waals surface area contributed by atoms with Crippen LogP contribution in [0.5, 0.6) is 0 Å². The molecule has 0 aromatic rings. The molecule has 0 rings (SSSR count). The fraction of sp³-hybridized carbons (Fsp3) is 0.833. The summed E-state index contributed by atoms with van der Waals surface area (Å²) >= 11 is 3.62. The van der Waals surface area contributed by atoms with Crippen LogP contribution < -0.4 is 0 Å². The molecule has 0 aliphatic heterocycles. The second-order valence-electron chi connectivity index (χ2n) is 1.67. The van der Waals surface area contributed by atoms with E-state index in [4.69, 9.17) is 9.05 Å². The molecular formula is C6H14IO3PZn. The van der Waals surface area contributed by atoms with E-state index in [1.165, 1.54) is 14.8 Å². The van der Waals surface area contributed by atoms with E-state index in [0.717, 1.165) is 0 Å². The molecule has 0 spiro atoms. The van der Waals surface area contributed by atoms with E-state index in [9.17, 15) is 4.57 Å². The standard InChI is InChI=1S/C6H14O3P.HI.Zn/c1-4-8-10(7,6-3)9-5-2;;/h3-6H2,1-2H3;1H;/q-1;;+2/p-1. The fourth-order valence-corrected chi connectivity index (χ4v) is 1.68. The molecular weight excluding hydrogens is 343 g/mol. The third-order valence-electron chi connectivity index (χ3n) is 0.925. The summed E-state index contributed by atoms with van der Waals surface area (Å²) in [5, 5.41) is 0. The molecule has 0 heterocycles. The number of rotatable bonds is 5. The van der Waals surface area contributed by atoms with Gasteiger partial charge in [0.2, 0.25) is 0 Å². The fourth-order valence-electron chi connectivity index (χ4n) is 0.560. The van der Waals surface area contributed by atoms with Crippen molar-refractivity contribution in [1.29, 1.82) is 0 Å². The molecule has 0 bridgehead atoms. The van der Waals surface area contributed by atoms with E-state index in [0.29, 0.717) is 13.2 Å². The van der Waals surface area contributed by atoms with Crippen LogP contribution in [0.2, 0.25) is 0 Å². The van der Waals surface area contributed by atoms with Gasteiger partial charge in [0.25, 0.3) is 0 Å². The predicted octanol–water partition coefficient (Wildman–Crippen LogP) is 2.97. The topological polar surface area (TPSA) is 35.5 Å². The molecule has 0 atom stereocenters. The first-order chi connectivity index (χ1) is 5.68. The normalized spacial score (nSPS) is 10.5. The van der Waals surface area contributed by atoms with Crippen molar-refractivity contribution in [2.24, 2.45) is 0 Å². The molecule has 0 unspecified atom stereocenters. The first-order valence-corrected chi connectivity index (χ1v) is 14.4. The summed E-state index contributed by atoms with van der Waals surface area (Å²) in [5.41, 5.74) is 0. The Morgan fingerprint density at radius 1 is 1.33 bits per heavy atom. The molecule has 0 aromatic heterocycles. The molecule has 0 N–H and O–H groups in total. The van der Waals surface area contributed by atoms with Gasteiger partial charge >= 0.3 is 42.1 Å². The van der Waals surface area contributed by atoms with Crippen molar-refractivity contribution >= 4 is 27.3 Å². The summed E-state index contributed by atoms with van der Waals surface area (Å²) in [7, 11) is -2.81. The van der Waals surface area contributed by atoms with Gasteiger partial charge in [-0.05, 0) is 13.8 Å². The van der Waals surface area contributed by atoms with E-state index < -0.39 is 7.60 Å². The van der Waals surface area contributed by atoms with E-state index in [2.05, 4.69) is 26.7 Å². The summed E-state index contributed by atoms with van der Waals surface area (Å²) in [6.45, 7) is 7.86. The zero-order valence-corrected chi connectivity index (χ0v) is 13.6. The number of hydrogen-bond acceptors (Lipinski definition) is 3. The van der Waals surface area contributed by atoms with Crippen molar-refractivity contribution < 1.29 is 28.4 Å². The van der Waals surface area contributed by atoms with Gasteiger partial charge in [-0.3, -0.25) is 4.57 Å². The van der Waals surface area contributed by atoms with Crippen LogP contribution in [0.3, 0.4) is 0 Å². The maximum atomic E-state index is 11.3. The first-order valence-electron chi connectivity index (χ1n) is 3.62. The molecule has 0 amide bonds. The summed E-state index contributed by atoms with van der Waals surface area (Å²) in [6.07, 6.45) is 0.203. The van der Waals surface area contributed by atoms with Crippen molar-refractivity contribution in [3.05, 3.63) is 6.92 Å². The Bertz CT molecular complexity index is 124. The quantitative estimate of drug-likeness (QED) is 0.328. The number of hydrogen-bond donors (Lipinski definition) is 0. The molecule has 70 valence electrons. The summed E-state index contributed by atoms with van der Waals surface area (Å²) in [6, 6.07) is 0. The van der Waals surface area contributed by atoms with Crippen molar-refractivity contribution in [3.8, 4) is 0 Å². The van der Waals surface area contributed by atoms with Crippen LogP contribution in [0.25, 0.3) is 0 Å². The van der Waals surface area contributed by atoms with Gasteiger partial charge < -0.3 is 16.0 Å². The predicted molar refractivity (Wildman–Crippen MR) is 55.1 cm³/mol. The molecule has 6 heteroatoms. The van der Waals surface area contributed by atoms with Gasteiger partial charge in [-0.25, -0.2) is 0 Å². The SMILES string of the molecule is [CH2-]CP(=O)(OCC)OCC.[Zn+][I]. The van der Waals surface area contributed by atoms with Gasteiger partial charge in [0.05, 0.1) is 13.2 Å². The molecule has 0 radical (unpaired) electrons. The third-order valence-corrected chi connectivity index (χ3v) is 2.78. The van der Waals surface area contributed by atoms with Gasteiger partial charge in [-0.2, -0.15) is 0 Å². The molecule has 0 saturated heterocycles. The summed E-state index contributed by atoms with van der Waals surface area (Å²) in [4.78, 5) is 0. The van der Waals surface area contributed by atoms with Gasteiger partial charge in [-0.15, -0.1) is 0 Å². The van der Waals surface area contributed by atoms with Crippen molar-refractivity contribution in [1.82, 2.24) is 0 Å². The Kier molecular flexibility index (Phi) is 14.1. The van der Waals surface area contributed by atoms with Crippen molar-refractivity contribution in [2.45, 2.75) is 13.8 Å². The van der Waals surface area contributed by atoms with Crippen LogP contribution in [0.15, 0.2) is 0 Å². The minimum absolute atomic E-state index is 0.203. The van der Waals surface area contributed by atoms with Crippen molar-refractivity contribution in [3.63, 3.8) is 0 Å². The van der Waals surface area contributed by atoms with Crippen LogP contribution in [-0.4, -0.2) is 19.4 Å². The van der Waals surface area contributed by atoms with E-state index in [1.807, 2.05) is 0 Å². The maximum absolute atomic E-state index is 11.3. The molecule has 0 saturated carbocycles.